The van der Waals surface area contributed by atoms with E-state index in [1.807, 2.05) is 24.3 Å². The second kappa shape index (κ2) is 9.09. The lowest BCUT2D eigenvalue weighted by molar-refractivity contribution is -0.137. The molecule has 1 N–H and O–H groups in total. The van der Waals surface area contributed by atoms with Crippen LogP contribution in [0.25, 0.3) is 6.08 Å². The molecule has 0 atom stereocenters. The number of benzene rings is 2. The van der Waals surface area contributed by atoms with E-state index in [4.69, 9.17) is 23.8 Å². The van der Waals surface area contributed by atoms with Crippen molar-refractivity contribution in [3.63, 3.8) is 0 Å². The first-order valence-electron chi connectivity index (χ1n) is 8.22. The molecule has 1 heterocycles. The number of alkyl halides is 3. The molecule has 1 aliphatic heterocycles. The lowest BCUT2D eigenvalue weighted by Gasteiger charge is -2.15. The number of nitrogens with zero attached hydrogens (tertiary/aromatic N) is 1. The minimum absolute atomic E-state index is 0.0909. The Morgan fingerprint density at radius 3 is 2.67 bits per heavy atom. The maximum Gasteiger partial charge on any atom is 0.417 e. The maximum atomic E-state index is 13.0. The Kier molecular flexibility index (Phi) is 6.91. The van der Waals surface area contributed by atoms with Crippen molar-refractivity contribution in [3.8, 4) is 0 Å². The van der Waals surface area contributed by atoms with Gasteiger partial charge >= 0.3 is 6.18 Å². The van der Waals surface area contributed by atoms with Gasteiger partial charge in [0.25, 0.3) is 5.91 Å². The number of thiocarbonyl (C=S) groups is 1. The van der Waals surface area contributed by atoms with E-state index in [0.29, 0.717) is 4.91 Å². The molecule has 1 aliphatic rings. The molecule has 0 aliphatic carbocycles. The molecule has 0 unspecified atom stereocenters. The second-order valence-electron chi connectivity index (χ2n) is 6.06. The highest BCUT2D eigenvalue weighted by atomic mass is 79.9. The molecule has 4 nitrogen and oxygen atoms in total. The maximum absolute atomic E-state index is 13.0. The highest BCUT2D eigenvalue weighted by Crippen LogP contribution is 2.36. The van der Waals surface area contributed by atoms with Crippen LogP contribution < -0.4 is 5.32 Å². The molecule has 0 bridgehead atoms. The minimum Gasteiger partial charge on any atom is -0.325 e. The van der Waals surface area contributed by atoms with Crippen LogP contribution >= 0.6 is 51.5 Å². The highest BCUT2D eigenvalue weighted by Gasteiger charge is 2.35. The van der Waals surface area contributed by atoms with Crippen LogP contribution in [0.2, 0.25) is 5.02 Å². The van der Waals surface area contributed by atoms with E-state index in [1.54, 1.807) is 6.08 Å². The molecule has 30 heavy (non-hydrogen) atoms. The van der Waals surface area contributed by atoms with Crippen LogP contribution in [-0.2, 0) is 15.8 Å². The smallest absolute Gasteiger partial charge is 0.325 e. The zero-order valence-corrected chi connectivity index (χ0v) is 18.8. The largest absolute Gasteiger partial charge is 0.417 e. The summed E-state index contributed by atoms with van der Waals surface area (Å²) in [6, 6.07) is 10.3. The van der Waals surface area contributed by atoms with Crippen molar-refractivity contribution in [2.24, 2.45) is 0 Å². The third-order valence-corrected chi connectivity index (χ3v) is 6.08. The standard InChI is InChI=1S/C19H11BrClF3N2O2S2/c20-11-3-1-2-10(6-11)7-15-17(28)26(18(29)30-15)9-16(27)25-12-4-5-14(21)13(8-12)19(22,23)24/h1-8H,9H2,(H,25,27). The minimum atomic E-state index is -4.66. The molecule has 2 amide bonds. The van der Waals surface area contributed by atoms with Crippen LogP contribution in [0.5, 0.6) is 0 Å². The molecule has 1 saturated heterocycles. The van der Waals surface area contributed by atoms with E-state index < -0.39 is 35.1 Å². The Labute approximate surface area is 192 Å². The van der Waals surface area contributed by atoms with Crippen molar-refractivity contribution in [2.45, 2.75) is 6.18 Å². The van der Waals surface area contributed by atoms with Gasteiger partial charge in [-0.3, -0.25) is 14.5 Å². The first-order valence-corrected chi connectivity index (χ1v) is 10.6. The highest BCUT2D eigenvalue weighted by molar-refractivity contribution is 9.10. The van der Waals surface area contributed by atoms with Gasteiger partial charge in [-0.1, -0.05) is 63.6 Å². The number of carbonyl (C=O) groups excluding carboxylic acids is 2. The summed E-state index contributed by atoms with van der Waals surface area (Å²) >= 11 is 15.1. The predicted octanol–water partition coefficient (Wildman–Crippen LogP) is 5.96. The molecular weight excluding hydrogens is 525 g/mol. The molecule has 0 spiro atoms. The lowest BCUT2D eigenvalue weighted by atomic mass is 10.2. The summed E-state index contributed by atoms with van der Waals surface area (Å²) in [5, 5.41) is 1.86. The number of thioether (sulfide) groups is 1. The van der Waals surface area contributed by atoms with Crippen molar-refractivity contribution < 1.29 is 22.8 Å². The van der Waals surface area contributed by atoms with Crippen molar-refractivity contribution in [1.82, 2.24) is 4.90 Å². The number of anilines is 1. The van der Waals surface area contributed by atoms with E-state index in [1.165, 1.54) is 6.07 Å². The number of halogens is 5. The molecule has 0 aromatic heterocycles. The van der Waals surface area contributed by atoms with Gasteiger partial charge in [0.05, 0.1) is 15.5 Å². The van der Waals surface area contributed by atoms with Crippen LogP contribution in [0, 0.1) is 0 Å². The van der Waals surface area contributed by atoms with Gasteiger partial charge in [-0.15, -0.1) is 0 Å². The molecule has 0 radical (unpaired) electrons. The number of nitrogens with one attached hydrogen (secondary N) is 1. The lowest BCUT2D eigenvalue weighted by Crippen LogP contribution is -2.36. The SMILES string of the molecule is O=C(CN1C(=O)C(=Cc2cccc(Br)c2)SC1=S)Nc1ccc(Cl)c(C(F)(F)F)c1. The average molecular weight is 536 g/mol. The Hall–Kier alpha value is -1.88. The summed E-state index contributed by atoms with van der Waals surface area (Å²) in [6.45, 7) is -0.426. The summed E-state index contributed by atoms with van der Waals surface area (Å²) in [4.78, 5) is 26.4. The van der Waals surface area contributed by atoms with Gasteiger partial charge in [-0.2, -0.15) is 13.2 Å². The van der Waals surface area contributed by atoms with Crippen LogP contribution in [0.3, 0.4) is 0 Å². The fourth-order valence-corrected chi connectivity index (χ4v) is 4.45. The first kappa shape index (κ1) is 22.8. The Morgan fingerprint density at radius 2 is 2.00 bits per heavy atom. The van der Waals surface area contributed by atoms with E-state index >= 15 is 0 Å². The number of rotatable bonds is 4. The molecule has 11 heteroatoms. The van der Waals surface area contributed by atoms with Gasteiger partial charge in [0.2, 0.25) is 5.91 Å². The van der Waals surface area contributed by atoms with Crippen molar-refractivity contribution in [3.05, 3.63) is 68.0 Å². The zero-order valence-electron chi connectivity index (χ0n) is 14.8. The van der Waals surface area contributed by atoms with Crippen molar-refractivity contribution in [2.75, 3.05) is 11.9 Å². The summed E-state index contributed by atoms with van der Waals surface area (Å²) in [5.74, 6) is -1.14. The van der Waals surface area contributed by atoms with Crippen LogP contribution in [-0.4, -0.2) is 27.6 Å². The van der Waals surface area contributed by atoms with E-state index in [2.05, 4.69) is 21.2 Å². The number of amides is 2. The van der Waals surface area contributed by atoms with Gasteiger partial charge in [0.1, 0.15) is 10.9 Å². The third-order valence-electron chi connectivity index (χ3n) is 3.88. The first-order chi connectivity index (χ1) is 14.0. The molecule has 2 aromatic rings. The zero-order chi connectivity index (χ0) is 22.1. The Balaban J connectivity index is 1.71. The van der Waals surface area contributed by atoms with Crippen LogP contribution in [0.4, 0.5) is 18.9 Å². The van der Waals surface area contributed by atoms with Crippen molar-refractivity contribution >= 4 is 79.4 Å². The topological polar surface area (TPSA) is 49.4 Å². The van der Waals surface area contributed by atoms with Crippen molar-refractivity contribution in [1.29, 1.82) is 0 Å². The third kappa shape index (κ3) is 5.42. The van der Waals surface area contributed by atoms with Gasteiger partial charge < -0.3 is 5.32 Å². The number of carbonyl (C=O) groups is 2. The molecule has 2 aromatic carbocycles. The molecule has 0 saturated carbocycles. The Morgan fingerprint density at radius 1 is 1.27 bits per heavy atom. The summed E-state index contributed by atoms with van der Waals surface area (Å²) in [5.41, 5.74) is -0.383. The predicted molar refractivity (Wildman–Crippen MR) is 119 cm³/mol. The molecule has 156 valence electrons. The quantitative estimate of drug-likeness (QED) is 0.388. The summed E-state index contributed by atoms with van der Waals surface area (Å²) in [7, 11) is 0. The number of hydrogen-bond acceptors (Lipinski definition) is 4. The Bertz CT molecular complexity index is 1080. The summed E-state index contributed by atoms with van der Waals surface area (Å²) < 4.78 is 39.9. The molecular formula is C19H11BrClF3N2O2S2. The summed E-state index contributed by atoms with van der Waals surface area (Å²) in [6.07, 6.45) is -3.01. The molecule has 1 fully saturated rings. The fourth-order valence-electron chi connectivity index (χ4n) is 2.55. The van der Waals surface area contributed by atoms with Gasteiger partial charge in [-0.25, -0.2) is 0 Å². The van der Waals surface area contributed by atoms with Gasteiger partial charge in [0.15, 0.2) is 0 Å². The second-order valence-corrected chi connectivity index (χ2v) is 9.06. The molecule has 3 rings (SSSR count). The fraction of sp³-hybridized carbons (Fsp3) is 0.105. The van der Waals surface area contributed by atoms with E-state index in [9.17, 15) is 22.8 Å². The average Bonchev–Trinajstić information content (AvgIpc) is 2.90. The van der Waals surface area contributed by atoms with Gasteiger partial charge in [-0.05, 0) is 42.0 Å². The van der Waals surface area contributed by atoms with Crippen LogP contribution in [0.1, 0.15) is 11.1 Å². The van der Waals surface area contributed by atoms with Gasteiger partial charge in [0, 0.05) is 10.2 Å². The van der Waals surface area contributed by atoms with E-state index in [0.717, 1.165) is 38.8 Å². The van der Waals surface area contributed by atoms with E-state index in [-0.39, 0.29) is 10.0 Å². The van der Waals surface area contributed by atoms with Crippen LogP contribution in [0.15, 0.2) is 51.8 Å². The number of hydrogen-bond donors (Lipinski definition) is 1. The normalized spacial score (nSPS) is 15.8. The monoisotopic (exact) mass is 534 g/mol.